The van der Waals surface area contributed by atoms with Crippen molar-refractivity contribution in [1.82, 2.24) is 9.97 Å². The molecule has 1 fully saturated rings. The second kappa shape index (κ2) is 6.82. The second-order valence-electron chi connectivity index (χ2n) is 6.00. The van der Waals surface area contributed by atoms with E-state index in [4.69, 9.17) is 0 Å². The van der Waals surface area contributed by atoms with Crippen molar-refractivity contribution in [3.05, 3.63) is 17.5 Å². The van der Waals surface area contributed by atoms with Crippen molar-refractivity contribution in [1.29, 1.82) is 0 Å². The highest BCUT2D eigenvalue weighted by Crippen LogP contribution is 2.31. The van der Waals surface area contributed by atoms with E-state index in [-0.39, 0.29) is 0 Å². The maximum absolute atomic E-state index is 11.0. The molecule has 0 unspecified atom stereocenters. The molecule has 1 N–H and O–H groups in total. The molecule has 20 heavy (non-hydrogen) atoms. The summed E-state index contributed by atoms with van der Waals surface area (Å²) in [6.07, 6.45) is 8.41. The van der Waals surface area contributed by atoms with Crippen LogP contribution in [0.1, 0.15) is 56.7 Å². The summed E-state index contributed by atoms with van der Waals surface area (Å²) in [6, 6.07) is 0.462. The summed E-state index contributed by atoms with van der Waals surface area (Å²) >= 11 is 0. The summed E-state index contributed by atoms with van der Waals surface area (Å²) in [5.41, 5.74) is 2.16. The third-order valence-corrected chi connectivity index (χ3v) is 4.30. The van der Waals surface area contributed by atoms with Gasteiger partial charge < -0.3 is 10.1 Å². The van der Waals surface area contributed by atoms with E-state index in [1.807, 2.05) is 20.0 Å². The Kier molecular flexibility index (Phi) is 5.10. The summed E-state index contributed by atoms with van der Waals surface area (Å²) in [7, 11) is 0. The quantitative estimate of drug-likeness (QED) is 0.864. The van der Waals surface area contributed by atoms with Gasteiger partial charge in [-0.15, -0.1) is 0 Å². The minimum Gasteiger partial charge on any atom is -0.351 e. The number of rotatable bonds is 6. The Hall–Kier alpha value is -1.45. The van der Waals surface area contributed by atoms with Crippen LogP contribution < -0.4 is 5.32 Å². The number of hydrogen-bond donors (Lipinski definition) is 1. The summed E-state index contributed by atoms with van der Waals surface area (Å²) in [5.74, 6) is 1.70. The average molecular weight is 275 g/mol. The minimum absolute atomic E-state index is 0.296. The van der Waals surface area contributed by atoms with Crippen LogP contribution in [-0.4, -0.2) is 21.8 Å². The molecule has 2 rings (SSSR count). The van der Waals surface area contributed by atoms with Crippen LogP contribution >= 0.6 is 0 Å². The Bertz CT molecular complexity index is 473. The van der Waals surface area contributed by atoms with Crippen molar-refractivity contribution >= 4 is 11.7 Å². The van der Waals surface area contributed by atoms with Crippen LogP contribution in [0.25, 0.3) is 0 Å². The van der Waals surface area contributed by atoms with Gasteiger partial charge in [-0.3, -0.25) is 0 Å². The van der Waals surface area contributed by atoms with Gasteiger partial charge in [0.15, 0.2) is 0 Å². The molecule has 0 aliphatic heterocycles. The Morgan fingerprint density at radius 3 is 2.90 bits per heavy atom. The van der Waals surface area contributed by atoms with Gasteiger partial charge in [0.05, 0.1) is 0 Å². The van der Waals surface area contributed by atoms with Crippen molar-refractivity contribution in [3.63, 3.8) is 0 Å². The van der Waals surface area contributed by atoms with Crippen LogP contribution in [0.15, 0.2) is 6.20 Å². The second-order valence-corrected chi connectivity index (χ2v) is 6.00. The number of nitrogens with one attached hydrogen (secondary N) is 1. The lowest BCUT2D eigenvalue weighted by Crippen LogP contribution is -2.25. The largest absolute Gasteiger partial charge is 0.351 e. The maximum atomic E-state index is 11.0. The van der Waals surface area contributed by atoms with E-state index in [2.05, 4.69) is 15.3 Å². The average Bonchev–Trinajstić information content (AvgIpc) is 2.81. The summed E-state index contributed by atoms with van der Waals surface area (Å²) in [6.45, 7) is 5.72. The van der Waals surface area contributed by atoms with E-state index >= 15 is 0 Å². The summed E-state index contributed by atoms with van der Waals surface area (Å²) < 4.78 is 0. The number of carbonyl (C=O) groups excluding carboxylic acids is 1. The van der Waals surface area contributed by atoms with Crippen LogP contribution in [0.4, 0.5) is 5.95 Å². The van der Waals surface area contributed by atoms with Gasteiger partial charge in [-0.1, -0.05) is 6.42 Å². The summed E-state index contributed by atoms with van der Waals surface area (Å²) in [4.78, 5) is 19.9. The normalized spacial score (nSPS) is 21.9. The van der Waals surface area contributed by atoms with Gasteiger partial charge in [0.2, 0.25) is 5.95 Å². The molecule has 1 aromatic rings. The number of ketones is 1. The van der Waals surface area contributed by atoms with Crippen LogP contribution in [-0.2, 0) is 4.79 Å². The summed E-state index contributed by atoms with van der Waals surface area (Å²) in [5, 5.41) is 3.49. The van der Waals surface area contributed by atoms with E-state index in [9.17, 15) is 4.79 Å². The van der Waals surface area contributed by atoms with Gasteiger partial charge >= 0.3 is 0 Å². The molecule has 1 saturated carbocycles. The molecule has 1 heterocycles. The standard InChI is InChI=1S/C16H25N3O/c1-11-10-17-16(18-13(11)3)19-15-9-5-8-14(15)7-4-6-12(2)20/h10,14-15H,4-9H2,1-3H3,(H,17,18,19)/t14-,15-/m0/s1. The molecule has 1 aliphatic carbocycles. The van der Waals surface area contributed by atoms with Crippen LogP contribution in [0, 0.1) is 19.8 Å². The van der Waals surface area contributed by atoms with E-state index in [0.29, 0.717) is 24.2 Å². The highest BCUT2D eigenvalue weighted by Gasteiger charge is 2.27. The minimum atomic E-state index is 0.296. The molecule has 110 valence electrons. The first kappa shape index (κ1) is 14.9. The number of aryl methyl sites for hydroxylation is 2. The third-order valence-electron chi connectivity index (χ3n) is 4.30. The van der Waals surface area contributed by atoms with Gasteiger partial charge in [-0.25, -0.2) is 9.97 Å². The highest BCUT2D eigenvalue weighted by molar-refractivity contribution is 5.75. The number of hydrogen-bond acceptors (Lipinski definition) is 4. The van der Waals surface area contributed by atoms with Crippen molar-refractivity contribution in [3.8, 4) is 0 Å². The van der Waals surface area contributed by atoms with Gasteiger partial charge in [0, 0.05) is 24.4 Å². The lowest BCUT2D eigenvalue weighted by atomic mass is 9.96. The fourth-order valence-electron chi connectivity index (χ4n) is 2.95. The topological polar surface area (TPSA) is 54.9 Å². The molecular formula is C16H25N3O. The molecule has 4 heteroatoms. The maximum Gasteiger partial charge on any atom is 0.223 e. The predicted octanol–water partition coefficient (Wildman–Crippen LogP) is 3.43. The first-order valence-electron chi connectivity index (χ1n) is 7.62. The Morgan fingerprint density at radius 2 is 2.20 bits per heavy atom. The van der Waals surface area contributed by atoms with Crippen LogP contribution in [0.2, 0.25) is 0 Å². The Labute approximate surface area is 121 Å². The predicted molar refractivity (Wildman–Crippen MR) is 80.8 cm³/mol. The van der Waals surface area contributed by atoms with Gasteiger partial charge in [0.1, 0.15) is 5.78 Å². The van der Waals surface area contributed by atoms with Crippen molar-refractivity contribution in [2.24, 2.45) is 5.92 Å². The molecule has 0 amide bonds. The number of anilines is 1. The fraction of sp³-hybridized carbons (Fsp3) is 0.688. The number of aromatic nitrogens is 2. The molecule has 0 radical (unpaired) electrons. The molecule has 4 nitrogen and oxygen atoms in total. The first-order chi connectivity index (χ1) is 9.56. The van der Waals surface area contributed by atoms with E-state index in [1.165, 1.54) is 19.3 Å². The van der Waals surface area contributed by atoms with E-state index in [1.54, 1.807) is 6.92 Å². The Morgan fingerprint density at radius 1 is 1.40 bits per heavy atom. The number of nitrogens with zero attached hydrogens (tertiary/aromatic N) is 2. The number of Topliss-reactive ketones (excluding diaryl/α,β-unsaturated/α-hetero) is 1. The zero-order valence-electron chi connectivity index (χ0n) is 12.8. The molecule has 2 atom stereocenters. The molecule has 0 saturated heterocycles. The molecular weight excluding hydrogens is 250 g/mol. The van der Waals surface area contributed by atoms with Crippen molar-refractivity contribution in [2.75, 3.05) is 5.32 Å². The van der Waals surface area contributed by atoms with Crippen LogP contribution in [0.3, 0.4) is 0 Å². The smallest absolute Gasteiger partial charge is 0.223 e. The fourth-order valence-corrected chi connectivity index (χ4v) is 2.95. The first-order valence-corrected chi connectivity index (χ1v) is 7.62. The highest BCUT2D eigenvalue weighted by atomic mass is 16.1. The molecule has 0 spiro atoms. The van der Waals surface area contributed by atoms with Gasteiger partial charge in [-0.2, -0.15) is 0 Å². The van der Waals surface area contributed by atoms with Crippen molar-refractivity contribution in [2.45, 2.75) is 65.3 Å². The van der Waals surface area contributed by atoms with Crippen molar-refractivity contribution < 1.29 is 4.79 Å². The SMILES string of the molecule is CC(=O)CCC[C@H]1CCC[C@@H]1Nc1ncc(C)c(C)n1. The van der Waals surface area contributed by atoms with Gasteiger partial charge in [-0.05, 0) is 57.9 Å². The zero-order valence-corrected chi connectivity index (χ0v) is 12.8. The lowest BCUT2D eigenvalue weighted by Gasteiger charge is -2.21. The molecule has 0 aromatic carbocycles. The lowest BCUT2D eigenvalue weighted by molar-refractivity contribution is -0.117. The number of carbonyl (C=O) groups is 1. The third kappa shape index (κ3) is 4.02. The monoisotopic (exact) mass is 275 g/mol. The van der Waals surface area contributed by atoms with Gasteiger partial charge in [0.25, 0.3) is 0 Å². The zero-order chi connectivity index (χ0) is 14.5. The van der Waals surface area contributed by atoms with E-state index < -0.39 is 0 Å². The molecule has 1 aromatic heterocycles. The Balaban J connectivity index is 1.90. The molecule has 1 aliphatic rings. The van der Waals surface area contributed by atoms with Crippen LogP contribution in [0.5, 0.6) is 0 Å². The van der Waals surface area contributed by atoms with E-state index in [0.717, 1.165) is 30.0 Å². The molecule has 0 bridgehead atoms.